The third kappa shape index (κ3) is 5.38. The smallest absolute Gasteiger partial charge is 0.243 e. The van der Waals surface area contributed by atoms with Crippen molar-refractivity contribution in [2.75, 3.05) is 24.2 Å². The number of sulfonamides is 1. The van der Waals surface area contributed by atoms with Crippen LogP contribution in [0, 0.1) is 13.8 Å². The van der Waals surface area contributed by atoms with E-state index in [-0.39, 0.29) is 17.3 Å². The number of likely N-dealkylation sites (N-methyl/N-ethyl adjacent to an activating group) is 1. The van der Waals surface area contributed by atoms with Gasteiger partial charge < -0.3 is 10.6 Å². The van der Waals surface area contributed by atoms with E-state index in [1.807, 2.05) is 26.0 Å². The normalized spacial score (nSPS) is 11.3. The van der Waals surface area contributed by atoms with Gasteiger partial charge >= 0.3 is 0 Å². The van der Waals surface area contributed by atoms with Crippen LogP contribution in [-0.2, 0) is 19.6 Å². The summed E-state index contributed by atoms with van der Waals surface area (Å²) >= 11 is 0. The van der Waals surface area contributed by atoms with Gasteiger partial charge in [-0.15, -0.1) is 0 Å². The summed E-state index contributed by atoms with van der Waals surface area (Å²) in [6.07, 6.45) is 0. The van der Waals surface area contributed by atoms with E-state index in [4.69, 9.17) is 0 Å². The molecule has 0 unspecified atom stereocenters. The van der Waals surface area contributed by atoms with Gasteiger partial charge in [0.15, 0.2) is 0 Å². The minimum absolute atomic E-state index is 0.0399. The van der Waals surface area contributed by atoms with Crippen molar-refractivity contribution < 1.29 is 18.0 Å². The van der Waals surface area contributed by atoms with E-state index in [0.29, 0.717) is 11.4 Å². The van der Waals surface area contributed by atoms with Crippen molar-refractivity contribution in [3.05, 3.63) is 53.6 Å². The minimum Gasteiger partial charge on any atom is -0.326 e. The van der Waals surface area contributed by atoms with Gasteiger partial charge in [-0.2, -0.15) is 4.31 Å². The van der Waals surface area contributed by atoms with Gasteiger partial charge in [-0.05, 0) is 61.4 Å². The van der Waals surface area contributed by atoms with E-state index in [9.17, 15) is 18.0 Å². The minimum atomic E-state index is -3.83. The molecule has 0 aliphatic heterocycles. The molecule has 2 aromatic carbocycles. The lowest BCUT2D eigenvalue weighted by atomic mass is 10.1. The van der Waals surface area contributed by atoms with Crippen molar-refractivity contribution in [3.63, 3.8) is 0 Å². The number of aryl methyl sites for hydroxylation is 2. The van der Waals surface area contributed by atoms with Crippen LogP contribution in [0.5, 0.6) is 0 Å². The molecular weight excluding hydrogens is 366 g/mol. The highest BCUT2D eigenvalue weighted by Crippen LogP contribution is 2.18. The predicted octanol–water partition coefficient (Wildman–Crippen LogP) is 2.52. The molecule has 0 aromatic heterocycles. The Morgan fingerprint density at radius 3 is 2.07 bits per heavy atom. The van der Waals surface area contributed by atoms with Gasteiger partial charge in [0.1, 0.15) is 0 Å². The molecule has 2 amide bonds. The first kappa shape index (κ1) is 20.6. The summed E-state index contributed by atoms with van der Waals surface area (Å²) in [6.45, 7) is 4.96. The SMILES string of the molecule is CC(=O)Nc1ccc(S(=O)(=O)N(C)CC(=O)Nc2ccc(C)c(C)c2)cc1. The van der Waals surface area contributed by atoms with Crippen molar-refractivity contribution in [1.82, 2.24) is 4.31 Å². The lowest BCUT2D eigenvalue weighted by Crippen LogP contribution is -2.35. The molecule has 0 radical (unpaired) electrons. The summed E-state index contributed by atoms with van der Waals surface area (Å²) in [6, 6.07) is 11.3. The highest BCUT2D eigenvalue weighted by atomic mass is 32.2. The van der Waals surface area contributed by atoms with E-state index in [2.05, 4.69) is 10.6 Å². The number of rotatable bonds is 6. The third-order valence-electron chi connectivity index (χ3n) is 4.04. The van der Waals surface area contributed by atoms with E-state index >= 15 is 0 Å². The third-order valence-corrected chi connectivity index (χ3v) is 5.86. The van der Waals surface area contributed by atoms with E-state index in [0.717, 1.165) is 15.4 Å². The second-order valence-electron chi connectivity index (χ2n) is 6.31. The Kier molecular flexibility index (Phi) is 6.35. The summed E-state index contributed by atoms with van der Waals surface area (Å²) < 4.78 is 26.2. The van der Waals surface area contributed by atoms with Gasteiger partial charge in [0.05, 0.1) is 11.4 Å². The second kappa shape index (κ2) is 8.32. The molecule has 0 fully saturated rings. The quantitative estimate of drug-likeness (QED) is 0.794. The molecule has 0 aliphatic rings. The van der Waals surface area contributed by atoms with Gasteiger partial charge in [-0.1, -0.05) is 6.07 Å². The molecule has 144 valence electrons. The van der Waals surface area contributed by atoms with Crippen molar-refractivity contribution in [2.45, 2.75) is 25.7 Å². The van der Waals surface area contributed by atoms with Gasteiger partial charge in [0.2, 0.25) is 21.8 Å². The Hall–Kier alpha value is -2.71. The van der Waals surface area contributed by atoms with Crippen LogP contribution in [0.3, 0.4) is 0 Å². The van der Waals surface area contributed by atoms with E-state index in [1.165, 1.54) is 38.2 Å². The largest absolute Gasteiger partial charge is 0.326 e. The molecule has 2 rings (SSSR count). The van der Waals surface area contributed by atoms with Crippen LogP contribution >= 0.6 is 0 Å². The Bertz CT molecular complexity index is 953. The summed E-state index contributed by atoms with van der Waals surface area (Å²) in [4.78, 5) is 23.3. The Morgan fingerprint density at radius 2 is 1.52 bits per heavy atom. The molecule has 0 spiro atoms. The number of benzene rings is 2. The number of hydrogen-bond acceptors (Lipinski definition) is 4. The lowest BCUT2D eigenvalue weighted by Gasteiger charge is -2.17. The molecule has 0 bridgehead atoms. The topological polar surface area (TPSA) is 95.6 Å². The molecule has 0 saturated heterocycles. The summed E-state index contributed by atoms with van der Waals surface area (Å²) in [5.74, 6) is -0.676. The Labute approximate surface area is 159 Å². The van der Waals surface area contributed by atoms with Crippen molar-refractivity contribution in [1.29, 1.82) is 0 Å². The van der Waals surface area contributed by atoms with Crippen molar-refractivity contribution >= 4 is 33.2 Å². The van der Waals surface area contributed by atoms with Crippen LogP contribution < -0.4 is 10.6 Å². The van der Waals surface area contributed by atoms with Crippen LogP contribution in [0.4, 0.5) is 11.4 Å². The monoisotopic (exact) mass is 389 g/mol. The number of hydrogen-bond donors (Lipinski definition) is 2. The molecule has 0 saturated carbocycles. The molecule has 2 N–H and O–H groups in total. The van der Waals surface area contributed by atoms with Gasteiger partial charge in [0, 0.05) is 25.3 Å². The number of amides is 2. The molecule has 27 heavy (non-hydrogen) atoms. The van der Waals surface area contributed by atoms with Crippen molar-refractivity contribution in [3.8, 4) is 0 Å². The fourth-order valence-electron chi connectivity index (χ4n) is 2.40. The zero-order valence-corrected chi connectivity index (χ0v) is 16.6. The second-order valence-corrected chi connectivity index (χ2v) is 8.36. The highest BCUT2D eigenvalue weighted by Gasteiger charge is 2.23. The zero-order valence-electron chi connectivity index (χ0n) is 15.7. The average molecular weight is 389 g/mol. The van der Waals surface area contributed by atoms with Crippen LogP contribution in [0.15, 0.2) is 47.4 Å². The summed E-state index contributed by atoms with van der Waals surface area (Å²) in [5, 5.41) is 5.27. The van der Waals surface area contributed by atoms with Crippen LogP contribution in [-0.4, -0.2) is 38.1 Å². The first-order valence-electron chi connectivity index (χ1n) is 8.30. The first-order chi connectivity index (χ1) is 12.6. The Morgan fingerprint density at radius 1 is 0.926 bits per heavy atom. The fraction of sp³-hybridized carbons (Fsp3) is 0.263. The molecule has 2 aromatic rings. The van der Waals surface area contributed by atoms with Crippen molar-refractivity contribution in [2.24, 2.45) is 0 Å². The predicted molar refractivity (Wildman–Crippen MR) is 105 cm³/mol. The summed E-state index contributed by atoms with van der Waals surface area (Å²) in [7, 11) is -2.48. The maximum Gasteiger partial charge on any atom is 0.243 e. The molecule has 7 nitrogen and oxygen atoms in total. The van der Waals surface area contributed by atoms with Crippen LogP contribution in [0.25, 0.3) is 0 Å². The Balaban J connectivity index is 2.06. The number of carbonyl (C=O) groups is 2. The van der Waals surface area contributed by atoms with Gasteiger partial charge in [-0.25, -0.2) is 8.42 Å². The molecule has 0 atom stereocenters. The fourth-order valence-corrected chi connectivity index (χ4v) is 3.53. The lowest BCUT2D eigenvalue weighted by molar-refractivity contribution is -0.116. The van der Waals surface area contributed by atoms with E-state index in [1.54, 1.807) is 6.07 Å². The van der Waals surface area contributed by atoms with Crippen LogP contribution in [0.2, 0.25) is 0 Å². The molecule has 0 heterocycles. The number of carbonyl (C=O) groups excluding carboxylic acids is 2. The zero-order chi connectivity index (χ0) is 20.2. The summed E-state index contributed by atoms with van der Waals surface area (Å²) in [5.41, 5.74) is 3.26. The molecule has 0 aliphatic carbocycles. The number of anilines is 2. The molecular formula is C19H23N3O4S. The average Bonchev–Trinajstić information content (AvgIpc) is 2.58. The van der Waals surface area contributed by atoms with Gasteiger partial charge in [-0.3, -0.25) is 9.59 Å². The number of nitrogens with one attached hydrogen (secondary N) is 2. The maximum atomic E-state index is 12.6. The highest BCUT2D eigenvalue weighted by molar-refractivity contribution is 7.89. The maximum absolute atomic E-state index is 12.6. The first-order valence-corrected chi connectivity index (χ1v) is 9.74. The van der Waals surface area contributed by atoms with Crippen LogP contribution in [0.1, 0.15) is 18.1 Å². The standard InChI is InChI=1S/C19H23N3O4S/c1-13-5-6-17(11-14(13)2)21-19(24)12-22(4)27(25,26)18-9-7-16(8-10-18)20-15(3)23/h5-11H,12H2,1-4H3,(H,20,23)(H,21,24). The number of nitrogens with zero attached hydrogens (tertiary/aromatic N) is 1. The molecule has 8 heteroatoms. The van der Waals surface area contributed by atoms with Gasteiger partial charge in [0.25, 0.3) is 0 Å². The van der Waals surface area contributed by atoms with E-state index < -0.39 is 15.9 Å².